The average molecular weight is 354 g/mol. The lowest BCUT2D eigenvalue weighted by atomic mass is 9.94. The fraction of sp³-hybridized carbons (Fsp3) is 0.474. The van der Waals surface area contributed by atoms with E-state index in [4.69, 9.17) is 5.73 Å². The van der Waals surface area contributed by atoms with Gasteiger partial charge in [-0.3, -0.25) is 0 Å². The van der Waals surface area contributed by atoms with Gasteiger partial charge in [-0.25, -0.2) is 0 Å². The predicted octanol–water partition coefficient (Wildman–Crippen LogP) is 0.734. The van der Waals surface area contributed by atoms with Crippen LogP contribution in [0, 0.1) is 0 Å². The summed E-state index contributed by atoms with van der Waals surface area (Å²) >= 11 is 0. The van der Waals surface area contributed by atoms with Crippen molar-refractivity contribution in [3.05, 3.63) is 41.5 Å². The second kappa shape index (κ2) is 7.09. The Hall–Kier alpha value is -2.38. The normalized spacial score (nSPS) is 20.9. The molecule has 0 radical (unpaired) electrons. The van der Waals surface area contributed by atoms with E-state index in [0.717, 1.165) is 50.8 Å². The molecule has 0 spiro atoms. The molecule has 2 aliphatic rings. The SMILES string of the molecule is CN1CCN(c2cc(N3Cc4ccccc4CC3CO)nc(N)n2)CC1. The Labute approximate surface area is 154 Å². The quantitative estimate of drug-likeness (QED) is 0.841. The van der Waals surface area contributed by atoms with Gasteiger partial charge in [0.2, 0.25) is 5.95 Å². The van der Waals surface area contributed by atoms with Gasteiger partial charge in [-0.05, 0) is 24.6 Å². The monoisotopic (exact) mass is 354 g/mol. The van der Waals surface area contributed by atoms with Crippen molar-refractivity contribution in [1.82, 2.24) is 14.9 Å². The molecule has 1 aromatic carbocycles. The first-order valence-corrected chi connectivity index (χ1v) is 9.16. The predicted molar refractivity (Wildman–Crippen MR) is 103 cm³/mol. The first-order valence-electron chi connectivity index (χ1n) is 9.16. The molecule has 4 rings (SSSR count). The van der Waals surface area contributed by atoms with Gasteiger partial charge in [-0.15, -0.1) is 0 Å². The molecule has 0 amide bonds. The number of aliphatic hydroxyl groups is 1. The number of aliphatic hydroxyl groups excluding tert-OH is 1. The Morgan fingerprint density at radius 2 is 1.77 bits per heavy atom. The molecular weight excluding hydrogens is 328 g/mol. The molecule has 7 nitrogen and oxygen atoms in total. The lowest BCUT2D eigenvalue weighted by Crippen LogP contribution is -2.45. The number of nitrogen functional groups attached to an aromatic ring is 1. The number of hydrogen-bond acceptors (Lipinski definition) is 7. The molecule has 0 aliphatic carbocycles. The smallest absolute Gasteiger partial charge is 0.223 e. The topological polar surface area (TPSA) is 81.8 Å². The van der Waals surface area contributed by atoms with Gasteiger partial charge in [0.1, 0.15) is 11.6 Å². The number of nitrogens with two attached hydrogens (primary N) is 1. The molecule has 3 heterocycles. The maximum atomic E-state index is 9.93. The zero-order valence-electron chi connectivity index (χ0n) is 15.2. The summed E-state index contributed by atoms with van der Waals surface area (Å²) in [6.45, 7) is 4.69. The van der Waals surface area contributed by atoms with Crippen LogP contribution in [0.1, 0.15) is 11.1 Å². The van der Waals surface area contributed by atoms with Gasteiger partial charge in [0.15, 0.2) is 0 Å². The lowest BCUT2D eigenvalue weighted by Gasteiger charge is -2.38. The van der Waals surface area contributed by atoms with E-state index in [1.165, 1.54) is 11.1 Å². The molecule has 2 aromatic rings. The first kappa shape index (κ1) is 17.1. The van der Waals surface area contributed by atoms with Crippen molar-refractivity contribution in [2.24, 2.45) is 0 Å². The third-order valence-electron chi connectivity index (χ3n) is 5.40. The Morgan fingerprint density at radius 3 is 2.50 bits per heavy atom. The molecule has 0 bridgehead atoms. The molecule has 1 atom stereocenters. The molecule has 26 heavy (non-hydrogen) atoms. The van der Waals surface area contributed by atoms with E-state index in [0.29, 0.717) is 0 Å². The van der Waals surface area contributed by atoms with Crippen LogP contribution in [0.2, 0.25) is 0 Å². The Balaban J connectivity index is 1.64. The van der Waals surface area contributed by atoms with Crippen LogP contribution >= 0.6 is 0 Å². The van der Waals surface area contributed by atoms with Crippen LogP contribution in [0.5, 0.6) is 0 Å². The Bertz CT molecular complexity index is 774. The lowest BCUT2D eigenvalue weighted by molar-refractivity contribution is 0.253. The Morgan fingerprint density at radius 1 is 1.08 bits per heavy atom. The van der Waals surface area contributed by atoms with Crippen LogP contribution in [0.15, 0.2) is 30.3 Å². The van der Waals surface area contributed by atoms with E-state index in [1.54, 1.807) is 0 Å². The standard InChI is InChI=1S/C19H26N6O/c1-23-6-8-24(9-7-23)17-11-18(22-19(20)21-17)25-12-15-5-3-2-4-14(15)10-16(25)13-26/h2-5,11,16,26H,6-10,12-13H2,1H3,(H2,20,21,22). The van der Waals surface area contributed by atoms with Gasteiger partial charge in [-0.2, -0.15) is 9.97 Å². The van der Waals surface area contributed by atoms with Crippen LogP contribution in [-0.4, -0.2) is 65.8 Å². The number of fused-ring (bicyclic) bond motifs is 1. The van der Waals surface area contributed by atoms with Gasteiger partial charge in [0.05, 0.1) is 12.6 Å². The van der Waals surface area contributed by atoms with Gasteiger partial charge in [0, 0.05) is 38.8 Å². The number of anilines is 3. The number of likely N-dealkylation sites (N-methyl/N-ethyl adjacent to an activating group) is 1. The van der Waals surface area contributed by atoms with E-state index in [-0.39, 0.29) is 18.6 Å². The van der Waals surface area contributed by atoms with Gasteiger partial charge in [-0.1, -0.05) is 24.3 Å². The molecule has 1 fully saturated rings. The summed E-state index contributed by atoms with van der Waals surface area (Å²) in [5, 5.41) is 9.93. The maximum absolute atomic E-state index is 9.93. The summed E-state index contributed by atoms with van der Waals surface area (Å²) in [5.41, 5.74) is 8.60. The first-order chi connectivity index (χ1) is 12.6. The third-order valence-corrected chi connectivity index (χ3v) is 5.40. The summed E-state index contributed by atoms with van der Waals surface area (Å²) in [6.07, 6.45) is 0.806. The van der Waals surface area contributed by atoms with E-state index in [1.807, 2.05) is 6.07 Å². The van der Waals surface area contributed by atoms with E-state index in [2.05, 4.69) is 56.0 Å². The van der Waals surface area contributed by atoms with Crippen LogP contribution in [0.25, 0.3) is 0 Å². The summed E-state index contributed by atoms with van der Waals surface area (Å²) in [6, 6.07) is 10.4. The zero-order valence-corrected chi connectivity index (χ0v) is 15.2. The molecule has 7 heteroatoms. The van der Waals surface area contributed by atoms with E-state index >= 15 is 0 Å². The number of benzene rings is 1. The van der Waals surface area contributed by atoms with E-state index < -0.39 is 0 Å². The highest BCUT2D eigenvalue weighted by Gasteiger charge is 2.28. The highest BCUT2D eigenvalue weighted by atomic mass is 16.3. The zero-order chi connectivity index (χ0) is 18.1. The Kier molecular flexibility index (Phi) is 4.65. The van der Waals surface area contributed by atoms with Gasteiger partial charge >= 0.3 is 0 Å². The number of nitrogens with zero attached hydrogens (tertiary/aromatic N) is 5. The highest BCUT2D eigenvalue weighted by Crippen LogP contribution is 2.29. The second-order valence-electron chi connectivity index (χ2n) is 7.17. The van der Waals surface area contributed by atoms with Gasteiger partial charge in [0.25, 0.3) is 0 Å². The fourth-order valence-corrected chi connectivity index (χ4v) is 3.80. The van der Waals surface area contributed by atoms with Crippen LogP contribution in [0.4, 0.5) is 17.6 Å². The number of piperazine rings is 1. The van der Waals surface area contributed by atoms with Crippen molar-refractivity contribution in [3.63, 3.8) is 0 Å². The van der Waals surface area contributed by atoms with Crippen molar-refractivity contribution < 1.29 is 5.11 Å². The molecule has 1 unspecified atom stereocenters. The second-order valence-corrected chi connectivity index (χ2v) is 7.17. The number of hydrogen-bond donors (Lipinski definition) is 2. The van der Waals surface area contributed by atoms with Crippen molar-refractivity contribution >= 4 is 17.6 Å². The summed E-state index contributed by atoms with van der Waals surface area (Å²) in [7, 11) is 2.13. The minimum absolute atomic E-state index is 0.000427. The minimum Gasteiger partial charge on any atom is -0.394 e. The van der Waals surface area contributed by atoms with Crippen LogP contribution < -0.4 is 15.5 Å². The summed E-state index contributed by atoms with van der Waals surface area (Å²) in [4.78, 5) is 15.7. The molecule has 3 N–H and O–H groups in total. The average Bonchev–Trinajstić information content (AvgIpc) is 2.67. The number of aromatic nitrogens is 2. The molecule has 138 valence electrons. The summed E-state index contributed by atoms with van der Waals surface area (Å²) < 4.78 is 0. The number of rotatable bonds is 3. The van der Waals surface area contributed by atoms with Crippen molar-refractivity contribution in [3.8, 4) is 0 Å². The maximum Gasteiger partial charge on any atom is 0.223 e. The fourth-order valence-electron chi connectivity index (χ4n) is 3.80. The largest absolute Gasteiger partial charge is 0.394 e. The molecule has 0 saturated carbocycles. The van der Waals surface area contributed by atoms with Crippen LogP contribution in [0.3, 0.4) is 0 Å². The van der Waals surface area contributed by atoms with Gasteiger partial charge < -0.3 is 25.5 Å². The minimum atomic E-state index is -0.000427. The highest BCUT2D eigenvalue weighted by molar-refractivity contribution is 5.56. The molecular formula is C19H26N6O. The van der Waals surface area contributed by atoms with Crippen molar-refractivity contribution in [1.29, 1.82) is 0 Å². The summed E-state index contributed by atoms with van der Waals surface area (Å²) in [5.74, 6) is 1.95. The van der Waals surface area contributed by atoms with Crippen LogP contribution in [-0.2, 0) is 13.0 Å². The molecule has 1 saturated heterocycles. The van der Waals surface area contributed by atoms with E-state index in [9.17, 15) is 5.11 Å². The molecule has 1 aromatic heterocycles. The third kappa shape index (κ3) is 3.32. The van der Waals surface area contributed by atoms with Crippen molar-refractivity contribution in [2.45, 2.75) is 19.0 Å². The van der Waals surface area contributed by atoms with Crippen molar-refractivity contribution in [2.75, 3.05) is 55.4 Å². The molecule has 2 aliphatic heterocycles.